The highest BCUT2D eigenvalue weighted by molar-refractivity contribution is 5.97. The summed E-state index contributed by atoms with van der Waals surface area (Å²) in [5.41, 5.74) is 7.82. The molecule has 1 aliphatic heterocycles. The van der Waals surface area contributed by atoms with Gasteiger partial charge in [0.05, 0.1) is 26.4 Å². The van der Waals surface area contributed by atoms with E-state index in [1.165, 1.54) is 12.7 Å². The predicted molar refractivity (Wildman–Crippen MR) is 196 cm³/mol. The third kappa shape index (κ3) is 8.92. The average molecular weight is 684 g/mol. The molecule has 260 valence electrons. The maximum absolute atomic E-state index is 13.2. The molecule has 0 aromatic heterocycles. The van der Waals surface area contributed by atoms with Crippen LogP contribution < -0.4 is 10.6 Å². The second kappa shape index (κ2) is 16.8. The molecule has 4 aromatic carbocycles. The number of hydrogen-bond donors (Lipinski definition) is 2. The summed E-state index contributed by atoms with van der Waals surface area (Å²) in [4.78, 5) is 41.1. The lowest BCUT2D eigenvalue weighted by Crippen LogP contribution is -2.54. The zero-order valence-electron chi connectivity index (χ0n) is 28.8. The Hall–Kier alpha value is -5.69. The molecule has 0 saturated carbocycles. The van der Waals surface area contributed by atoms with Gasteiger partial charge in [0.15, 0.2) is 0 Å². The van der Waals surface area contributed by atoms with Gasteiger partial charge < -0.3 is 24.8 Å². The number of alkyl carbamates (subject to hydrolysis) is 1. The first-order chi connectivity index (χ1) is 24.9. The lowest BCUT2D eigenvalue weighted by atomic mass is 9.98. The van der Waals surface area contributed by atoms with E-state index in [2.05, 4.69) is 51.6 Å². The van der Waals surface area contributed by atoms with E-state index in [-0.39, 0.29) is 12.5 Å². The van der Waals surface area contributed by atoms with Crippen LogP contribution in [0.25, 0.3) is 17.2 Å². The molecule has 1 saturated heterocycles. The van der Waals surface area contributed by atoms with E-state index in [4.69, 9.17) is 14.2 Å². The lowest BCUT2D eigenvalue weighted by Gasteiger charge is -2.26. The Morgan fingerprint density at radius 3 is 2.18 bits per heavy atom. The van der Waals surface area contributed by atoms with Crippen molar-refractivity contribution < 1.29 is 28.6 Å². The van der Waals surface area contributed by atoms with E-state index in [9.17, 15) is 14.4 Å². The van der Waals surface area contributed by atoms with Crippen LogP contribution in [0.2, 0.25) is 0 Å². The minimum Gasteiger partial charge on any atom is -0.467 e. The van der Waals surface area contributed by atoms with Gasteiger partial charge in [0, 0.05) is 36.7 Å². The summed E-state index contributed by atoms with van der Waals surface area (Å²) in [5.74, 6) is 4.92. The van der Waals surface area contributed by atoms with Gasteiger partial charge in [0.2, 0.25) is 0 Å². The smallest absolute Gasteiger partial charge is 0.407 e. The number of rotatable bonds is 10. The zero-order valence-corrected chi connectivity index (χ0v) is 28.8. The summed E-state index contributed by atoms with van der Waals surface area (Å²) in [5, 5.41) is 5.38. The first kappa shape index (κ1) is 35.1. The van der Waals surface area contributed by atoms with Gasteiger partial charge in [0.25, 0.3) is 5.91 Å². The molecule has 1 unspecified atom stereocenters. The minimum atomic E-state index is -1.15. The predicted octanol–water partition coefficient (Wildman–Crippen LogP) is 5.78. The first-order valence-electron chi connectivity index (χ1n) is 17.1. The summed E-state index contributed by atoms with van der Waals surface area (Å²) >= 11 is 0. The number of fused-ring (bicyclic) bond motifs is 3. The molecule has 0 spiro atoms. The fourth-order valence-electron chi connectivity index (χ4n) is 6.37. The molecule has 1 aliphatic carbocycles. The van der Waals surface area contributed by atoms with Gasteiger partial charge >= 0.3 is 12.1 Å². The van der Waals surface area contributed by atoms with Gasteiger partial charge in [-0.1, -0.05) is 84.6 Å². The lowest BCUT2D eigenvalue weighted by molar-refractivity contribution is -0.143. The molecule has 2 atom stereocenters. The van der Waals surface area contributed by atoms with Crippen LogP contribution in [-0.4, -0.2) is 75.0 Å². The topological polar surface area (TPSA) is 106 Å². The van der Waals surface area contributed by atoms with Gasteiger partial charge in [-0.2, -0.15) is 0 Å². The van der Waals surface area contributed by atoms with Crippen LogP contribution in [0.4, 0.5) is 4.79 Å². The third-order valence-corrected chi connectivity index (χ3v) is 9.14. The third-order valence-electron chi connectivity index (χ3n) is 9.14. The number of hydrogen-bond acceptors (Lipinski definition) is 7. The summed E-state index contributed by atoms with van der Waals surface area (Å²) in [6, 6.07) is 29.3. The normalized spacial score (nSPS) is 15.1. The molecule has 0 radical (unpaired) electrons. The number of allylic oxidation sites excluding steroid dienone is 1. The van der Waals surface area contributed by atoms with Crippen LogP contribution in [0.3, 0.4) is 0 Å². The van der Waals surface area contributed by atoms with E-state index in [0.29, 0.717) is 5.56 Å². The molecular formula is C42H41N3O6. The van der Waals surface area contributed by atoms with Gasteiger partial charge in [-0.15, -0.1) is 0 Å². The van der Waals surface area contributed by atoms with Crippen molar-refractivity contribution >= 4 is 24.0 Å². The number of carbonyl (C=O) groups excluding carboxylic acids is 3. The second-order valence-electron chi connectivity index (χ2n) is 12.5. The average Bonchev–Trinajstić information content (AvgIpc) is 3.49. The number of methoxy groups -OCH3 is 1. The Morgan fingerprint density at radius 2 is 1.53 bits per heavy atom. The Morgan fingerprint density at radius 1 is 0.882 bits per heavy atom. The van der Waals surface area contributed by atoms with Crippen molar-refractivity contribution in [1.82, 2.24) is 15.5 Å². The van der Waals surface area contributed by atoms with Crippen LogP contribution in [-0.2, 0) is 25.5 Å². The highest BCUT2D eigenvalue weighted by Crippen LogP contribution is 2.44. The number of carbonyl (C=O) groups is 3. The van der Waals surface area contributed by atoms with Gasteiger partial charge in [-0.25, -0.2) is 9.59 Å². The molecule has 2 amide bonds. The highest BCUT2D eigenvalue weighted by atomic mass is 16.5. The molecule has 1 fully saturated rings. The van der Waals surface area contributed by atoms with E-state index >= 15 is 0 Å². The van der Waals surface area contributed by atoms with Crippen molar-refractivity contribution in [3.8, 4) is 23.0 Å². The standard InChI is InChI=1S/C42H41N3O6/c1-29(43-42(48)51-28-38-36-13-7-5-11-34(36)35-12-6-8-14-37(35)38)39(41(47)49-2)44-40(46)33-21-19-31(20-22-33)10-4-3-9-30-15-17-32(18-16-30)27-45-23-25-50-26-24-45/h4-8,10-22,29,38-39H,23-28H2,1-2H3,(H,43,48)(H,44,46)/t29-,39?/m1/s1. The SMILES string of the molecule is COC(=O)C(NC(=O)c1ccc(C=CC#Cc2ccc(CN3CCOCC3)cc2)cc1)[C@@H](C)NC(=O)OCC1c2ccccc2-c2ccccc21. The summed E-state index contributed by atoms with van der Waals surface area (Å²) in [6.45, 7) is 6.11. The van der Waals surface area contributed by atoms with Crippen LogP contribution >= 0.6 is 0 Å². The maximum Gasteiger partial charge on any atom is 0.407 e. The molecule has 2 N–H and O–H groups in total. The Kier molecular flexibility index (Phi) is 11.6. The molecule has 9 nitrogen and oxygen atoms in total. The molecule has 4 aromatic rings. The number of nitrogens with one attached hydrogen (secondary N) is 2. The van der Waals surface area contributed by atoms with Crippen molar-refractivity contribution in [1.29, 1.82) is 0 Å². The summed E-state index contributed by atoms with van der Waals surface area (Å²) in [7, 11) is 1.23. The Bertz CT molecular complexity index is 1890. The van der Waals surface area contributed by atoms with E-state index in [1.807, 2.05) is 54.6 Å². The van der Waals surface area contributed by atoms with Crippen molar-refractivity contribution in [2.75, 3.05) is 40.0 Å². The number of ether oxygens (including phenoxy) is 3. The fourth-order valence-corrected chi connectivity index (χ4v) is 6.37. The van der Waals surface area contributed by atoms with Crippen LogP contribution in [0.15, 0.2) is 103 Å². The van der Waals surface area contributed by atoms with Crippen LogP contribution in [0.1, 0.15) is 51.0 Å². The zero-order chi connectivity index (χ0) is 35.6. The van der Waals surface area contributed by atoms with Gasteiger partial charge in [0.1, 0.15) is 12.6 Å². The van der Waals surface area contributed by atoms with E-state index < -0.39 is 30.1 Å². The largest absolute Gasteiger partial charge is 0.467 e. The minimum absolute atomic E-state index is 0.109. The number of morpholine rings is 1. The fraction of sp³-hybridized carbons (Fsp3) is 0.262. The molecule has 2 aliphatic rings. The number of esters is 1. The van der Waals surface area contributed by atoms with Crippen molar-refractivity contribution in [2.24, 2.45) is 0 Å². The quantitative estimate of drug-likeness (QED) is 0.161. The van der Waals surface area contributed by atoms with Gasteiger partial charge in [-0.3, -0.25) is 9.69 Å². The summed E-state index contributed by atoms with van der Waals surface area (Å²) < 4.78 is 16.0. The second-order valence-corrected chi connectivity index (χ2v) is 12.5. The first-order valence-corrected chi connectivity index (χ1v) is 17.1. The number of nitrogens with zero attached hydrogens (tertiary/aromatic N) is 1. The molecular weight excluding hydrogens is 642 g/mol. The van der Waals surface area contributed by atoms with E-state index in [0.717, 1.165) is 66.2 Å². The van der Waals surface area contributed by atoms with Crippen LogP contribution in [0.5, 0.6) is 0 Å². The van der Waals surface area contributed by atoms with Crippen molar-refractivity contribution in [3.63, 3.8) is 0 Å². The summed E-state index contributed by atoms with van der Waals surface area (Å²) in [6.07, 6.45) is 2.92. The molecule has 0 bridgehead atoms. The number of benzene rings is 4. The molecule has 6 rings (SSSR count). The molecule has 9 heteroatoms. The van der Waals surface area contributed by atoms with Gasteiger partial charge in [-0.05, 0) is 76.7 Å². The Labute approximate surface area is 298 Å². The number of amides is 2. The van der Waals surface area contributed by atoms with Crippen molar-refractivity contribution in [3.05, 3.63) is 137 Å². The van der Waals surface area contributed by atoms with Crippen LogP contribution in [0, 0.1) is 11.8 Å². The monoisotopic (exact) mass is 683 g/mol. The maximum atomic E-state index is 13.2. The molecule has 1 heterocycles. The van der Waals surface area contributed by atoms with E-state index in [1.54, 1.807) is 37.3 Å². The van der Waals surface area contributed by atoms with Crippen molar-refractivity contribution in [2.45, 2.75) is 31.5 Å². The highest BCUT2D eigenvalue weighted by Gasteiger charge is 2.32. The Balaban J connectivity index is 0.999. The molecule has 51 heavy (non-hydrogen) atoms.